The van der Waals surface area contributed by atoms with Crippen molar-refractivity contribution in [3.8, 4) is 0 Å². The first kappa shape index (κ1) is 12.3. The predicted octanol–water partition coefficient (Wildman–Crippen LogP) is 3.75. The minimum absolute atomic E-state index is 0.00831. The Morgan fingerprint density at radius 1 is 0.875 bits per heavy atom. The van der Waals surface area contributed by atoms with Crippen molar-refractivity contribution >= 4 is 0 Å². The van der Waals surface area contributed by atoms with Crippen molar-refractivity contribution in [1.29, 1.82) is 0 Å². The molecule has 0 aromatic heterocycles. The molecule has 1 N–H and O–H groups in total. The number of hydrogen-bond donors (Lipinski definition) is 1. The lowest BCUT2D eigenvalue weighted by atomic mass is 9.62. The molecule has 16 heavy (non-hydrogen) atoms. The van der Waals surface area contributed by atoms with Crippen LogP contribution >= 0.6 is 0 Å². The van der Waals surface area contributed by atoms with E-state index in [2.05, 4.69) is 20.8 Å². The van der Waals surface area contributed by atoms with Gasteiger partial charge in [-0.05, 0) is 31.1 Å². The Balaban J connectivity index is 2.16. The topological polar surface area (TPSA) is 20.2 Å². The van der Waals surface area contributed by atoms with Crippen LogP contribution in [0.3, 0.4) is 0 Å². The van der Waals surface area contributed by atoms with Crippen LogP contribution in [-0.4, -0.2) is 16.6 Å². The molecule has 2 aliphatic carbocycles. The fourth-order valence-electron chi connectivity index (χ4n) is 3.55. The van der Waals surface area contributed by atoms with Crippen LogP contribution in [0, 0.1) is 10.8 Å². The highest BCUT2D eigenvalue weighted by Crippen LogP contribution is 2.68. The fourth-order valence-corrected chi connectivity index (χ4v) is 3.55. The molecule has 0 unspecified atom stereocenters. The van der Waals surface area contributed by atoms with Crippen molar-refractivity contribution < 1.29 is 13.9 Å². The molecule has 0 aromatic rings. The van der Waals surface area contributed by atoms with E-state index in [1.54, 1.807) is 0 Å². The zero-order chi connectivity index (χ0) is 12.2. The van der Waals surface area contributed by atoms with E-state index >= 15 is 0 Å². The Hall–Kier alpha value is -0.180. The zero-order valence-electron chi connectivity index (χ0n) is 10.4. The van der Waals surface area contributed by atoms with Crippen LogP contribution in [0.2, 0.25) is 0 Å². The van der Waals surface area contributed by atoms with E-state index < -0.39 is 11.5 Å². The number of halogens is 2. The second kappa shape index (κ2) is 3.18. The van der Waals surface area contributed by atoms with Crippen LogP contribution in [0.15, 0.2) is 0 Å². The third-order valence-electron chi connectivity index (χ3n) is 4.89. The van der Waals surface area contributed by atoms with Crippen molar-refractivity contribution in [1.82, 2.24) is 0 Å². The third-order valence-corrected chi connectivity index (χ3v) is 4.89. The van der Waals surface area contributed by atoms with Crippen LogP contribution in [0.1, 0.15) is 59.3 Å². The van der Waals surface area contributed by atoms with Gasteiger partial charge in [0.2, 0.25) is 5.92 Å². The van der Waals surface area contributed by atoms with Gasteiger partial charge in [0.15, 0.2) is 0 Å². The Morgan fingerprint density at radius 2 is 1.31 bits per heavy atom. The molecule has 2 rings (SSSR count). The number of rotatable bonds is 1. The molecule has 2 saturated carbocycles. The molecule has 1 nitrogen and oxygen atoms in total. The molecule has 0 aromatic carbocycles. The maximum absolute atomic E-state index is 13.1. The van der Waals surface area contributed by atoms with Gasteiger partial charge in [-0.1, -0.05) is 20.8 Å². The Labute approximate surface area is 96.2 Å². The number of alkyl halides is 2. The Bertz CT molecular complexity index is 277. The van der Waals surface area contributed by atoms with Crippen LogP contribution in [-0.2, 0) is 0 Å². The second-order valence-electron chi connectivity index (χ2n) is 6.72. The molecule has 0 bridgehead atoms. The maximum Gasteiger partial charge on any atom is 0.248 e. The summed E-state index contributed by atoms with van der Waals surface area (Å²) in [6.45, 7) is 6.35. The standard InChI is InChI=1S/C13H22F2O/c1-10(2,3)11(4-5-11)12(16)6-8-13(14,15)9-7-12/h16H,4-9H2,1-3H3. The molecule has 94 valence electrons. The van der Waals surface area contributed by atoms with Gasteiger partial charge < -0.3 is 5.11 Å². The minimum atomic E-state index is -2.56. The molecule has 0 saturated heterocycles. The van der Waals surface area contributed by atoms with Gasteiger partial charge in [0, 0.05) is 18.3 Å². The Kier molecular flexibility index (Phi) is 2.44. The highest BCUT2D eigenvalue weighted by atomic mass is 19.3. The largest absolute Gasteiger partial charge is 0.389 e. The molecule has 2 fully saturated rings. The van der Waals surface area contributed by atoms with Crippen molar-refractivity contribution in [2.24, 2.45) is 10.8 Å². The molecule has 0 amide bonds. The van der Waals surface area contributed by atoms with Crippen LogP contribution in [0.5, 0.6) is 0 Å². The smallest absolute Gasteiger partial charge is 0.248 e. The van der Waals surface area contributed by atoms with Crippen molar-refractivity contribution in [2.75, 3.05) is 0 Å². The third kappa shape index (κ3) is 1.68. The molecule has 0 spiro atoms. The first-order chi connectivity index (χ1) is 7.12. The lowest BCUT2D eigenvalue weighted by Gasteiger charge is -2.48. The van der Waals surface area contributed by atoms with E-state index in [4.69, 9.17) is 0 Å². The molecular weight excluding hydrogens is 210 g/mol. The van der Waals surface area contributed by atoms with Gasteiger partial charge in [-0.2, -0.15) is 0 Å². The molecule has 0 radical (unpaired) electrons. The van der Waals surface area contributed by atoms with E-state index in [1.165, 1.54) is 0 Å². The fraction of sp³-hybridized carbons (Fsp3) is 1.00. The van der Waals surface area contributed by atoms with E-state index in [-0.39, 0.29) is 36.5 Å². The summed E-state index contributed by atoms with van der Waals surface area (Å²) in [7, 11) is 0. The van der Waals surface area contributed by atoms with Crippen LogP contribution in [0.4, 0.5) is 8.78 Å². The summed E-state index contributed by atoms with van der Waals surface area (Å²) in [5.41, 5.74) is -0.961. The summed E-state index contributed by atoms with van der Waals surface area (Å²) in [4.78, 5) is 0. The van der Waals surface area contributed by atoms with E-state index in [0.29, 0.717) is 0 Å². The van der Waals surface area contributed by atoms with Gasteiger partial charge in [-0.15, -0.1) is 0 Å². The lowest BCUT2D eigenvalue weighted by Crippen LogP contribution is -2.50. The monoisotopic (exact) mass is 232 g/mol. The van der Waals surface area contributed by atoms with Gasteiger partial charge in [0.1, 0.15) is 0 Å². The average Bonchev–Trinajstić information content (AvgIpc) is 2.90. The summed E-state index contributed by atoms with van der Waals surface area (Å²) >= 11 is 0. The van der Waals surface area contributed by atoms with E-state index in [9.17, 15) is 13.9 Å². The molecule has 0 atom stereocenters. The summed E-state index contributed by atoms with van der Waals surface area (Å²) < 4.78 is 26.3. The number of hydrogen-bond acceptors (Lipinski definition) is 1. The molecule has 2 aliphatic rings. The van der Waals surface area contributed by atoms with Crippen molar-refractivity contribution in [2.45, 2.75) is 70.8 Å². The lowest BCUT2D eigenvalue weighted by molar-refractivity contribution is -0.155. The normalized spacial score (nSPS) is 31.1. The van der Waals surface area contributed by atoms with E-state index in [1.807, 2.05) is 0 Å². The summed E-state index contributed by atoms with van der Waals surface area (Å²) in [6.07, 6.45) is 2.19. The summed E-state index contributed by atoms with van der Waals surface area (Å²) in [5, 5.41) is 10.7. The van der Waals surface area contributed by atoms with Gasteiger partial charge in [0.25, 0.3) is 0 Å². The zero-order valence-corrected chi connectivity index (χ0v) is 10.4. The van der Waals surface area contributed by atoms with Crippen molar-refractivity contribution in [3.05, 3.63) is 0 Å². The molecule has 3 heteroatoms. The number of aliphatic hydroxyl groups is 1. The highest BCUT2D eigenvalue weighted by molar-refractivity contribution is 5.15. The van der Waals surface area contributed by atoms with Gasteiger partial charge >= 0.3 is 0 Å². The summed E-state index contributed by atoms with van der Waals surface area (Å²) in [6, 6.07) is 0. The quantitative estimate of drug-likeness (QED) is 0.730. The van der Waals surface area contributed by atoms with Crippen LogP contribution < -0.4 is 0 Å². The maximum atomic E-state index is 13.1. The van der Waals surface area contributed by atoms with Crippen molar-refractivity contribution in [3.63, 3.8) is 0 Å². The SMILES string of the molecule is CC(C)(C)C1(C2(O)CCC(F)(F)CC2)CC1. The first-order valence-corrected chi connectivity index (χ1v) is 6.22. The van der Waals surface area contributed by atoms with Crippen LogP contribution in [0.25, 0.3) is 0 Å². The molecule has 0 aliphatic heterocycles. The second-order valence-corrected chi connectivity index (χ2v) is 6.72. The minimum Gasteiger partial charge on any atom is -0.389 e. The van der Waals surface area contributed by atoms with Gasteiger partial charge in [-0.3, -0.25) is 0 Å². The first-order valence-electron chi connectivity index (χ1n) is 6.22. The average molecular weight is 232 g/mol. The van der Waals surface area contributed by atoms with E-state index in [0.717, 1.165) is 12.8 Å². The molecule has 0 heterocycles. The molecular formula is C13H22F2O. The Morgan fingerprint density at radius 3 is 1.62 bits per heavy atom. The van der Waals surface area contributed by atoms with Gasteiger partial charge in [-0.25, -0.2) is 8.78 Å². The van der Waals surface area contributed by atoms with Gasteiger partial charge in [0.05, 0.1) is 5.60 Å². The summed E-state index contributed by atoms with van der Waals surface area (Å²) in [5.74, 6) is -2.56. The highest BCUT2D eigenvalue weighted by Gasteiger charge is 2.65. The predicted molar refractivity (Wildman–Crippen MR) is 59.5 cm³/mol.